The average molecular weight is 393 g/mol. The summed E-state index contributed by atoms with van der Waals surface area (Å²) in [6.07, 6.45) is 2.92. The first-order chi connectivity index (χ1) is 11.1. The number of hydrogen-bond acceptors (Lipinski definition) is 4. The van der Waals surface area contributed by atoms with Gasteiger partial charge in [0.15, 0.2) is 0 Å². The van der Waals surface area contributed by atoms with E-state index in [1.165, 1.54) is 0 Å². The van der Waals surface area contributed by atoms with Gasteiger partial charge in [0.25, 0.3) is 0 Å². The van der Waals surface area contributed by atoms with Gasteiger partial charge in [0.2, 0.25) is 0 Å². The maximum atomic E-state index is 11.4. The van der Waals surface area contributed by atoms with Crippen molar-refractivity contribution in [3.63, 3.8) is 0 Å². The highest BCUT2D eigenvalue weighted by Crippen LogP contribution is 2.42. The van der Waals surface area contributed by atoms with Gasteiger partial charge in [-0.1, -0.05) is 28.1 Å². The summed E-state index contributed by atoms with van der Waals surface area (Å²) in [5, 5.41) is 12.5. The van der Waals surface area contributed by atoms with Crippen LogP contribution in [0.3, 0.4) is 0 Å². The van der Waals surface area contributed by atoms with Gasteiger partial charge in [-0.2, -0.15) is 0 Å². The van der Waals surface area contributed by atoms with Crippen molar-refractivity contribution < 1.29 is 9.90 Å². The molecule has 3 atom stereocenters. The van der Waals surface area contributed by atoms with E-state index in [9.17, 15) is 9.90 Å². The molecule has 6 heteroatoms. The van der Waals surface area contributed by atoms with Gasteiger partial charge in [-0.15, -0.1) is 11.3 Å². The van der Waals surface area contributed by atoms with Crippen molar-refractivity contribution in [1.29, 1.82) is 0 Å². The third kappa shape index (κ3) is 2.84. The van der Waals surface area contributed by atoms with Crippen LogP contribution in [0.25, 0.3) is 10.6 Å². The third-order valence-electron chi connectivity index (χ3n) is 4.99. The summed E-state index contributed by atoms with van der Waals surface area (Å²) in [6, 6.07) is 8.77. The lowest BCUT2D eigenvalue weighted by molar-refractivity contribution is -0.142. The van der Waals surface area contributed by atoms with Crippen LogP contribution in [0.5, 0.6) is 0 Å². The fourth-order valence-corrected chi connectivity index (χ4v) is 4.99. The number of carbonyl (C=O) groups is 1. The highest BCUT2D eigenvalue weighted by molar-refractivity contribution is 9.10. The lowest BCUT2D eigenvalue weighted by atomic mass is 9.89. The molecule has 23 heavy (non-hydrogen) atoms. The Bertz CT molecular complexity index is 730. The number of carboxylic acids is 1. The largest absolute Gasteiger partial charge is 0.481 e. The Kier molecular flexibility index (Phi) is 3.99. The highest BCUT2D eigenvalue weighted by atomic mass is 79.9. The summed E-state index contributed by atoms with van der Waals surface area (Å²) in [4.78, 5) is 18.5. The Balaban J connectivity index is 1.50. The van der Waals surface area contributed by atoms with Crippen LogP contribution in [-0.2, 0) is 11.3 Å². The zero-order valence-corrected chi connectivity index (χ0v) is 14.9. The number of nitrogens with zero attached hydrogens (tertiary/aromatic N) is 2. The number of thiazole rings is 1. The van der Waals surface area contributed by atoms with E-state index in [0.29, 0.717) is 6.04 Å². The van der Waals surface area contributed by atoms with E-state index in [4.69, 9.17) is 4.98 Å². The van der Waals surface area contributed by atoms with E-state index in [2.05, 4.69) is 38.3 Å². The van der Waals surface area contributed by atoms with Crippen LogP contribution in [0.4, 0.5) is 0 Å². The molecule has 0 spiro atoms. The van der Waals surface area contributed by atoms with Gasteiger partial charge in [0, 0.05) is 34.0 Å². The van der Waals surface area contributed by atoms with Crippen LogP contribution < -0.4 is 0 Å². The van der Waals surface area contributed by atoms with Gasteiger partial charge >= 0.3 is 5.97 Å². The van der Waals surface area contributed by atoms with Gasteiger partial charge < -0.3 is 5.11 Å². The standard InChI is InChI=1S/C17H17BrN2O2S/c18-11-3-1-10(2-4-11)16-19-12(9-23-16)8-20-13-5-6-15(20)14(7-13)17(21)22/h1-4,9,13-15H,5-8H2,(H,21,22). The molecule has 0 amide bonds. The Labute approximate surface area is 147 Å². The average Bonchev–Trinajstić information content (AvgIpc) is 3.24. The van der Waals surface area contributed by atoms with Crippen LogP contribution >= 0.6 is 27.3 Å². The zero-order chi connectivity index (χ0) is 16.0. The van der Waals surface area contributed by atoms with Gasteiger partial charge in [0.05, 0.1) is 11.6 Å². The molecule has 3 heterocycles. The summed E-state index contributed by atoms with van der Waals surface area (Å²) in [6.45, 7) is 0.770. The molecule has 1 aromatic heterocycles. The molecule has 2 fully saturated rings. The number of aromatic nitrogens is 1. The number of benzene rings is 1. The lowest BCUT2D eigenvalue weighted by Crippen LogP contribution is -2.32. The second-order valence-electron chi connectivity index (χ2n) is 6.30. The van der Waals surface area contributed by atoms with Crippen molar-refractivity contribution in [1.82, 2.24) is 9.88 Å². The molecule has 2 bridgehead atoms. The summed E-state index contributed by atoms with van der Waals surface area (Å²) < 4.78 is 1.06. The molecule has 1 N–H and O–H groups in total. The smallest absolute Gasteiger partial charge is 0.308 e. The SMILES string of the molecule is O=C(O)C1CC2CCC1N2Cc1csc(-c2ccc(Br)cc2)n1. The van der Waals surface area contributed by atoms with Crippen LogP contribution in [0, 0.1) is 5.92 Å². The number of hydrogen-bond donors (Lipinski definition) is 1. The maximum absolute atomic E-state index is 11.4. The number of fused-ring (bicyclic) bond motifs is 2. The van der Waals surface area contributed by atoms with Crippen molar-refractivity contribution in [2.45, 2.75) is 37.9 Å². The Hall–Kier alpha value is -1.24. The summed E-state index contributed by atoms with van der Waals surface area (Å²) >= 11 is 5.10. The van der Waals surface area contributed by atoms with Crippen LogP contribution in [0.2, 0.25) is 0 Å². The van der Waals surface area contributed by atoms with E-state index in [-0.39, 0.29) is 12.0 Å². The first kappa shape index (κ1) is 15.3. The maximum Gasteiger partial charge on any atom is 0.308 e. The quantitative estimate of drug-likeness (QED) is 0.853. The molecule has 0 aliphatic carbocycles. The summed E-state index contributed by atoms with van der Waals surface area (Å²) in [7, 11) is 0. The van der Waals surface area contributed by atoms with E-state index in [1.807, 2.05) is 12.1 Å². The molecule has 4 rings (SSSR count). The molecular formula is C17H17BrN2O2S. The molecule has 0 radical (unpaired) electrons. The fourth-order valence-electron chi connectivity index (χ4n) is 3.90. The van der Waals surface area contributed by atoms with Crippen molar-refractivity contribution in [3.05, 3.63) is 39.8 Å². The minimum atomic E-state index is -0.643. The third-order valence-corrected chi connectivity index (χ3v) is 6.45. The predicted octanol–water partition coefficient (Wildman–Crippen LogP) is 4.01. The molecule has 120 valence electrons. The molecule has 2 aromatic rings. The first-order valence-electron chi connectivity index (χ1n) is 7.80. The minimum Gasteiger partial charge on any atom is -0.481 e. The van der Waals surface area contributed by atoms with Crippen molar-refractivity contribution >= 4 is 33.2 Å². The van der Waals surface area contributed by atoms with Crippen LogP contribution in [-0.4, -0.2) is 33.0 Å². The van der Waals surface area contributed by atoms with Gasteiger partial charge in [0.1, 0.15) is 5.01 Å². The molecular weight excluding hydrogens is 376 g/mol. The fraction of sp³-hybridized carbons (Fsp3) is 0.412. The molecule has 4 nitrogen and oxygen atoms in total. The predicted molar refractivity (Wildman–Crippen MR) is 93.3 cm³/mol. The molecule has 0 saturated carbocycles. The number of aliphatic carboxylic acids is 1. The Morgan fingerprint density at radius 2 is 2.13 bits per heavy atom. The molecule has 3 unspecified atom stereocenters. The van der Waals surface area contributed by atoms with Gasteiger partial charge in [-0.3, -0.25) is 9.69 Å². The molecule has 1 aromatic carbocycles. The minimum absolute atomic E-state index is 0.190. The second kappa shape index (κ2) is 6.00. The second-order valence-corrected chi connectivity index (χ2v) is 8.08. The number of rotatable bonds is 4. The molecule has 2 saturated heterocycles. The van der Waals surface area contributed by atoms with Gasteiger partial charge in [-0.05, 0) is 31.4 Å². The van der Waals surface area contributed by atoms with Crippen molar-refractivity contribution in [2.24, 2.45) is 5.92 Å². The Morgan fingerprint density at radius 1 is 1.35 bits per heavy atom. The molecule has 2 aliphatic heterocycles. The monoisotopic (exact) mass is 392 g/mol. The highest BCUT2D eigenvalue weighted by Gasteiger charge is 2.49. The van der Waals surface area contributed by atoms with Crippen LogP contribution in [0.1, 0.15) is 25.0 Å². The first-order valence-corrected chi connectivity index (χ1v) is 9.48. The van der Waals surface area contributed by atoms with E-state index >= 15 is 0 Å². The van der Waals surface area contributed by atoms with Crippen molar-refractivity contribution in [2.75, 3.05) is 0 Å². The van der Waals surface area contributed by atoms with Crippen LogP contribution in [0.15, 0.2) is 34.1 Å². The number of carboxylic acid groups (broad SMARTS) is 1. The van der Waals surface area contributed by atoms with Gasteiger partial charge in [-0.25, -0.2) is 4.98 Å². The number of halogens is 1. The normalized spacial score (nSPS) is 26.7. The van der Waals surface area contributed by atoms with Crippen molar-refractivity contribution in [3.8, 4) is 10.6 Å². The van der Waals surface area contributed by atoms with E-state index < -0.39 is 5.97 Å². The summed E-state index contributed by atoms with van der Waals surface area (Å²) in [5.41, 5.74) is 2.17. The molecule has 2 aliphatic rings. The zero-order valence-electron chi connectivity index (χ0n) is 12.5. The lowest BCUT2D eigenvalue weighted by Gasteiger charge is -2.21. The van der Waals surface area contributed by atoms with E-state index in [1.54, 1.807) is 11.3 Å². The van der Waals surface area contributed by atoms with E-state index in [0.717, 1.165) is 46.5 Å². The summed E-state index contributed by atoms with van der Waals surface area (Å²) in [5.74, 6) is -0.839. The Morgan fingerprint density at radius 3 is 2.83 bits per heavy atom. The topological polar surface area (TPSA) is 53.4 Å².